The van der Waals surface area contributed by atoms with Crippen molar-refractivity contribution in [3.05, 3.63) is 47.5 Å². The number of carboxylic acid groups (broad SMARTS) is 1. The molecule has 1 aromatic carbocycles. The maximum absolute atomic E-state index is 11.5. The third-order valence-corrected chi connectivity index (χ3v) is 3.11. The lowest BCUT2D eigenvalue weighted by Crippen LogP contribution is -2.34. The SMILES string of the molecule is COc1cc(C(Nc2ccc(C#N)cc2)C(=O)[O-])cc(OC)n1. The first-order chi connectivity index (χ1) is 11.1. The quantitative estimate of drug-likeness (QED) is 0.843. The topological polar surface area (TPSA) is 107 Å². The zero-order chi connectivity index (χ0) is 16.8. The van der Waals surface area contributed by atoms with E-state index in [1.54, 1.807) is 24.3 Å². The number of carboxylic acids is 1. The van der Waals surface area contributed by atoms with Crippen LogP contribution in [0.25, 0.3) is 0 Å². The van der Waals surface area contributed by atoms with Crippen molar-refractivity contribution in [2.24, 2.45) is 0 Å². The highest BCUT2D eigenvalue weighted by molar-refractivity contribution is 5.77. The smallest absolute Gasteiger partial charge is 0.216 e. The molecule has 7 nitrogen and oxygen atoms in total. The van der Waals surface area contributed by atoms with Gasteiger partial charge in [0.1, 0.15) is 0 Å². The number of benzene rings is 1. The van der Waals surface area contributed by atoms with Gasteiger partial charge in [0.15, 0.2) is 0 Å². The predicted octanol–water partition coefficient (Wildman–Crippen LogP) is 0.874. The van der Waals surface area contributed by atoms with E-state index in [9.17, 15) is 9.90 Å². The molecule has 0 radical (unpaired) electrons. The first-order valence-electron chi connectivity index (χ1n) is 6.65. The monoisotopic (exact) mass is 312 g/mol. The fraction of sp³-hybridized carbons (Fsp3) is 0.188. The van der Waals surface area contributed by atoms with Crippen molar-refractivity contribution >= 4 is 11.7 Å². The highest BCUT2D eigenvalue weighted by Crippen LogP contribution is 2.25. The fourth-order valence-electron chi connectivity index (χ4n) is 1.96. The summed E-state index contributed by atoms with van der Waals surface area (Å²) >= 11 is 0. The Morgan fingerprint density at radius 2 is 1.78 bits per heavy atom. The van der Waals surface area contributed by atoms with E-state index < -0.39 is 12.0 Å². The summed E-state index contributed by atoms with van der Waals surface area (Å²) < 4.78 is 10.1. The van der Waals surface area contributed by atoms with Gasteiger partial charge in [0.2, 0.25) is 11.8 Å². The van der Waals surface area contributed by atoms with Crippen LogP contribution in [0.2, 0.25) is 0 Å². The van der Waals surface area contributed by atoms with Gasteiger partial charge in [-0.25, -0.2) is 0 Å². The average Bonchev–Trinajstić information content (AvgIpc) is 2.59. The van der Waals surface area contributed by atoms with Crippen LogP contribution in [0, 0.1) is 11.3 Å². The molecule has 0 fully saturated rings. The number of aromatic nitrogens is 1. The molecular formula is C16H14N3O4-. The van der Waals surface area contributed by atoms with E-state index in [0.29, 0.717) is 16.8 Å². The molecule has 0 saturated heterocycles. The molecule has 0 aliphatic carbocycles. The minimum Gasteiger partial charge on any atom is -0.548 e. The van der Waals surface area contributed by atoms with Crippen molar-refractivity contribution in [1.82, 2.24) is 4.98 Å². The molecule has 0 spiro atoms. The molecule has 23 heavy (non-hydrogen) atoms. The second-order valence-electron chi connectivity index (χ2n) is 4.57. The number of carbonyl (C=O) groups is 1. The summed E-state index contributed by atoms with van der Waals surface area (Å²) in [6.07, 6.45) is 0. The van der Waals surface area contributed by atoms with Gasteiger partial charge in [0.25, 0.3) is 0 Å². The highest BCUT2D eigenvalue weighted by atomic mass is 16.5. The van der Waals surface area contributed by atoms with Gasteiger partial charge in [0.05, 0.1) is 37.9 Å². The number of aliphatic carboxylic acids is 1. The minimum atomic E-state index is -1.32. The fourth-order valence-corrected chi connectivity index (χ4v) is 1.96. The summed E-state index contributed by atoms with van der Waals surface area (Å²) in [5, 5.41) is 23.1. The number of anilines is 1. The molecule has 1 N–H and O–H groups in total. The molecule has 7 heteroatoms. The summed E-state index contributed by atoms with van der Waals surface area (Å²) in [5.41, 5.74) is 1.39. The summed E-state index contributed by atoms with van der Waals surface area (Å²) in [6.45, 7) is 0. The van der Waals surface area contributed by atoms with Gasteiger partial charge < -0.3 is 24.7 Å². The van der Waals surface area contributed by atoms with Crippen LogP contribution in [-0.4, -0.2) is 25.2 Å². The molecule has 0 aliphatic heterocycles. The van der Waals surface area contributed by atoms with Crippen molar-refractivity contribution in [1.29, 1.82) is 5.26 Å². The van der Waals surface area contributed by atoms with E-state index >= 15 is 0 Å². The molecule has 0 bridgehead atoms. The number of ether oxygens (including phenoxy) is 2. The number of nitriles is 1. The van der Waals surface area contributed by atoms with Crippen LogP contribution in [0.15, 0.2) is 36.4 Å². The van der Waals surface area contributed by atoms with Crippen LogP contribution in [0.1, 0.15) is 17.2 Å². The van der Waals surface area contributed by atoms with Crippen LogP contribution in [-0.2, 0) is 4.79 Å². The standard InChI is InChI=1S/C16H15N3O4/c1-22-13-7-11(8-14(19-13)23-2)15(16(20)21)18-12-5-3-10(9-17)4-6-12/h3-8,15,18H,1-2H3,(H,20,21)/p-1. The molecule has 0 aliphatic rings. The summed E-state index contributed by atoms with van der Waals surface area (Å²) in [4.78, 5) is 15.5. The third kappa shape index (κ3) is 3.89. The number of nitrogens with one attached hydrogen (secondary N) is 1. The molecule has 1 heterocycles. The second-order valence-corrected chi connectivity index (χ2v) is 4.57. The lowest BCUT2D eigenvalue weighted by Gasteiger charge is -2.22. The number of carbonyl (C=O) groups excluding carboxylic acids is 1. The van der Waals surface area contributed by atoms with Gasteiger partial charge >= 0.3 is 0 Å². The van der Waals surface area contributed by atoms with Gasteiger partial charge in [-0.15, -0.1) is 0 Å². The first kappa shape index (κ1) is 16.1. The van der Waals surface area contributed by atoms with Crippen molar-refractivity contribution in [2.75, 3.05) is 19.5 Å². The number of hydrogen-bond acceptors (Lipinski definition) is 7. The van der Waals surface area contributed by atoms with Crippen LogP contribution in [0.3, 0.4) is 0 Å². The molecule has 1 atom stereocenters. The lowest BCUT2D eigenvalue weighted by molar-refractivity contribution is -0.307. The van der Waals surface area contributed by atoms with E-state index in [1.165, 1.54) is 26.4 Å². The van der Waals surface area contributed by atoms with E-state index in [4.69, 9.17) is 14.7 Å². The second kappa shape index (κ2) is 7.13. The Kier molecular flexibility index (Phi) is 5.00. The molecule has 0 saturated carbocycles. The summed E-state index contributed by atoms with van der Waals surface area (Å²) in [7, 11) is 2.85. The molecule has 2 aromatic rings. The molecule has 2 rings (SSSR count). The maximum atomic E-state index is 11.5. The van der Waals surface area contributed by atoms with Crippen molar-refractivity contribution in [3.8, 4) is 17.8 Å². The number of nitrogens with zero attached hydrogens (tertiary/aromatic N) is 2. The maximum Gasteiger partial charge on any atom is 0.216 e. The van der Waals surface area contributed by atoms with Gasteiger partial charge in [-0.1, -0.05) is 0 Å². The highest BCUT2D eigenvalue weighted by Gasteiger charge is 2.16. The third-order valence-electron chi connectivity index (χ3n) is 3.11. The summed E-state index contributed by atoms with van der Waals surface area (Å²) in [6, 6.07) is 10.2. The van der Waals surface area contributed by atoms with Crippen molar-refractivity contribution < 1.29 is 19.4 Å². The normalized spacial score (nSPS) is 11.2. The molecular weight excluding hydrogens is 298 g/mol. The number of methoxy groups -OCH3 is 2. The molecule has 1 aromatic heterocycles. The Bertz CT molecular complexity index is 716. The average molecular weight is 312 g/mol. The van der Waals surface area contributed by atoms with Crippen LogP contribution in [0.5, 0.6) is 11.8 Å². The first-order valence-corrected chi connectivity index (χ1v) is 6.65. The van der Waals surface area contributed by atoms with Crippen LogP contribution >= 0.6 is 0 Å². The molecule has 118 valence electrons. The predicted molar refractivity (Wildman–Crippen MR) is 79.9 cm³/mol. The molecule has 0 amide bonds. The van der Waals surface area contributed by atoms with Crippen molar-refractivity contribution in [3.63, 3.8) is 0 Å². The Morgan fingerprint density at radius 3 is 2.22 bits per heavy atom. The van der Waals surface area contributed by atoms with E-state index in [1.807, 2.05) is 6.07 Å². The Balaban J connectivity index is 2.34. The number of rotatable bonds is 6. The largest absolute Gasteiger partial charge is 0.548 e. The van der Waals surface area contributed by atoms with Crippen LogP contribution < -0.4 is 19.9 Å². The van der Waals surface area contributed by atoms with E-state index in [2.05, 4.69) is 10.3 Å². The van der Waals surface area contributed by atoms with Crippen molar-refractivity contribution in [2.45, 2.75) is 6.04 Å². The molecule has 1 unspecified atom stereocenters. The Morgan fingerprint density at radius 1 is 1.22 bits per heavy atom. The Hall–Kier alpha value is -3.27. The lowest BCUT2D eigenvalue weighted by atomic mass is 10.1. The van der Waals surface area contributed by atoms with Gasteiger partial charge in [-0.05, 0) is 29.8 Å². The number of pyridine rings is 1. The summed E-state index contributed by atoms with van der Waals surface area (Å²) in [5.74, 6) is -0.857. The van der Waals surface area contributed by atoms with Gasteiger partial charge in [0, 0.05) is 17.8 Å². The zero-order valence-electron chi connectivity index (χ0n) is 12.6. The van der Waals surface area contributed by atoms with Crippen LogP contribution in [0.4, 0.5) is 5.69 Å². The van der Waals surface area contributed by atoms with E-state index in [-0.39, 0.29) is 11.8 Å². The zero-order valence-corrected chi connectivity index (χ0v) is 12.6. The van der Waals surface area contributed by atoms with Gasteiger partial charge in [-0.2, -0.15) is 10.2 Å². The number of hydrogen-bond donors (Lipinski definition) is 1. The Labute approximate surface area is 133 Å². The van der Waals surface area contributed by atoms with E-state index in [0.717, 1.165) is 0 Å². The van der Waals surface area contributed by atoms with Gasteiger partial charge in [-0.3, -0.25) is 0 Å². The minimum absolute atomic E-state index is 0.229.